The summed E-state index contributed by atoms with van der Waals surface area (Å²) >= 11 is 0. The molecule has 0 aliphatic carbocycles. The van der Waals surface area contributed by atoms with Crippen molar-refractivity contribution in [2.75, 3.05) is 13.2 Å². The van der Waals surface area contributed by atoms with E-state index in [0.29, 0.717) is 13.2 Å². The highest BCUT2D eigenvalue weighted by Crippen LogP contribution is 2.13. The molecule has 20 heavy (non-hydrogen) atoms. The maximum absolute atomic E-state index is 10.0. The molecule has 0 spiro atoms. The highest BCUT2D eigenvalue weighted by atomic mass is 16.5. The molecule has 2 atom stereocenters. The van der Waals surface area contributed by atoms with Crippen molar-refractivity contribution in [3.63, 3.8) is 0 Å². The first-order valence-electron chi connectivity index (χ1n) is 7.75. The van der Waals surface area contributed by atoms with E-state index in [1.54, 1.807) is 0 Å². The summed E-state index contributed by atoms with van der Waals surface area (Å²) in [5.41, 5.74) is 1.19. The third-order valence-corrected chi connectivity index (χ3v) is 3.20. The van der Waals surface area contributed by atoms with Gasteiger partial charge in [-0.25, -0.2) is 0 Å². The second kappa shape index (κ2) is 13.0. The largest absolute Gasteiger partial charge is 0.390 e. The Labute approximate surface area is 124 Å². The van der Waals surface area contributed by atoms with Gasteiger partial charge in [0.15, 0.2) is 0 Å². The van der Waals surface area contributed by atoms with Gasteiger partial charge in [0.1, 0.15) is 0 Å². The fourth-order valence-corrected chi connectivity index (χ4v) is 1.89. The van der Waals surface area contributed by atoms with E-state index in [0.717, 1.165) is 25.7 Å². The molecule has 0 aromatic rings. The van der Waals surface area contributed by atoms with Gasteiger partial charge in [-0.1, -0.05) is 43.9 Å². The molecule has 0 fully saturated rings. The molecule has 0 aromatic heterocycles. The Kier molecular flexibility index (Phi) is 12.3. The maximum atomic E-state index is 10.0. The van der Waals surface area contributed by atoms with E-state index < -0.39 is 6.10 Å². The molecule has 114 valence electrons. The summed E-state index contributed by atoms with van der Waals surface area (Å²) in [6, 6.07) is 0. The van der Waals surface area contributed by atoms with E-state index in [4.69, 9.17) is 4.74 Å². The smallest absolute Gasteiger partial charge is 0.0835 e. The second-order valence-corrected chi connectivity index (χ2v) is 4.73. The van der Waals surface area contributed by atoms with Crippen LogP contribution in [-0.4, -0.2) is 24.4 Å². The molecular weight excluding hydrogens is 248 g/mol. The van der Waals surface area contributed by atoms with E-state index in [9.17, 15) is 5.11 Å². The van der Waals surface area contributed by atoms with Crippen LogP contribution in [0.15, 0.2) is 23.8 Å². The molecule has 0 saturated heterocycles. The third kappa shape index (κ3) is 8.96. The van der Waals surface area contributed by atoms with Crippen molar-refractivity contribution in [1.82, 2.24) is 0 Å². The number of hydrogen-bond acceptors (Lipinski definition) is 2. The molecule has 0 radical (unpaired) electrons. The van der Waals surface area contributed by atoms with E-state index in [1.807, 2.05) is 13.8 Å². The molecule has 0 aliphatic rings. The minimum atomic E-state index is -0.405. The van der Waals surface area contributed by atoms with Crippen molar-refractivity contribution >= 4 is 0 Å². The molecule has 2 nitrogen and oxygen atoms in total. The van der Waals surface area contributed by atoms with Gasteiger partial charge in [-0.3, -0.25) is 0 Å². The van der Waals surface area contributed by atoms with E-state index >= 15 is 0 Å². The number of allylic oxidation sites excluding steroid dienone is 3. The van der Waals surface area contributed by atoms with Gasteiger partial charge in [0, 0.05) is 18.9 Å². The lowest BCUT2D eigenvalue weighted by atomic mass is 9.98. The summed E-state index contributed by atoms with van der Waals surface area (Å²) in [5, 5.41) is 10.0. The Morgan fingerprint density at radius 1 is 1.30 bits per heavy atom. The Bertz CT molecular complexity index is 344. The van der Waals surface area contributed by atoms with Gasteiger partial charge < -0.3 is 9.84 Å². The van der Waals surface area contributed by atoms with Crippen LogP contribution < -0.4 is 0 Å². The SMILES string of the molecule is C/C=C(/C#CCC)CC/C=C\C(CC)C(O)COCC. The van der Waals surface area contributed by atoms with Crippen LogP contribution >= 0.6 is 0 Å². The molecule has 0 amide bonds. The number of rotatable bonds is 9. The van der Waals surface area contributed by atoms with Crippen LogP contribution in [0.25, 0.3) is 0 Å². The number of aliphatic hydroxyl groups is 1. The third-order valence-electron chi connectivity index (χ3n) is 3.20. The minimum absolute atomic E-state index is 0.178. The topological polar surface area (TPSA) is 29.5 Å². The summed E-state index contributed by atoms with van der Waals surface area (Å²) in [7, 11) is 0. The van der Waals surface area contributed by atoms with Crippen molar-refractivity contribution < 1.29 is 9.84 Å². The van der Waals surface area contributed by atoms with E-state index in [2.05, 4.69) is 43.9 Å². The standard InChI is InChI=1S/C18H30O2/c1-5-9-12-16(6-2)13-10-11-14-17(7-3)18(19)15-20-8-4/h6,11,14,17-19H,5,7-8,10,13,15H2,1-4H3/b14-11-,16-6-. The highest BCUT2D eigenvalue weighted by Gasteiger charge is 2.13. The molecule has 2 heteroatoms. The average Bonchev–Trinajstić information content (AvgIpc) is 2.47. The minimum Gasteiger partial charge on any atom is -0.390 e. The number of ether oxygens (including phenoxy) is 1. The van der Waals surface area contributed by atoms with Crippen LogP contribution in [0.5, 0.6) is 0 Å². The van der Waals surface area contributed by atoms with Gasteiger partial charge in [-0.15, -0.1) is 0 Å². The Morgan fingerprint density at radius 3 is 2.60 bits per heavy atom. The quantitative estimate of drug-likeness (QED) is 0.508. The highest BCUT2D eigenvalue weighted by molar-refractivity contribution is 5.28. The lowest BCUT2D eigenvalue weighted by Crippen LogP contribution is -2.24. The van der Waals surface area contributed by atoms with Crippen LogP contribution in [0, 0.1) is 17.8 Å². The summed E-state index contributed by atoms with van der Waals surface area (Å²) in [6.45, 7) is 9.20. The predicted octanol–water partition coefficient (Wildman–Crippen LogP) is 4.11. The summed E-state index contributed by atoms with van der Waals surface area (Å²) in [6.07, 6.45) is 9.71. The molecule has 0 rings (SSSR count). The van der Waals surface area contributed by atoms with Gasteiger partial charge in [0.2, 0.25) is 0 Å². The van der Waals surface area contributed by atoms with E-state index in [1.165, 1.54) is 5.57 Å². The van der Waals surface area contributed by atoms with Crippen LogP contribution in [0.1, 0.15) is 53.4 Å². The lowest BCUT2D eigenvalue weighted by Gasteiger charge is -2.17. The van der Waals surface area contributed by atoms with Crippen molar-refractivity contribution in [2.45, 2.75) is 59.5 Å². The molecule has 1 N–H and O–H groups in total. The van der Waals surface area contributed by atoms with Crippen LogP contribution in [-0.2, 0) is 4.74 Å². The Hall–Kier alpha value is -1.04. The first-order valence-corrected chi connectivity index (χ1v) is 7.75. The van der Waals surface area contributed by atoms with Crippen molar-refractivity contribution in [3.8, 4) is 11.8 Å². The number of aliphatic hydroxyl groups excluding tert-OH is 1. The molecule has 0 aromatic carbocycles. The predicted molar refractivity (Wildman–Crippen MR) is 86.5 cm³/mol. The Balaban J connectivity index is 4.19. The fraction of sp³-hybridized carbons (Fsp3) is 0.667. The normalized spacial score (nSPS) is 14.9. The van der Waals surface area contributed by atoms with Crippen molar-refractivity contribution in [1.29, 1.82) is 0 Å². The maximum Gasteiger partial charge on any atom is 0.0835 e. The van der Waals surface area contributed by atoms with Gasteiger partial charge >= 0.3 is 0 Å². The van der Waals surface area contributed by atoms with Gasteiger partial charge in [-0.05, 0) is 38.7 Å². The molecule has 0 saturated carbocycles. The van der Waals surface area contributed by atoms with Gasteiger partial charge in [0.05, 0.1) is 12.7 Å². The van der Waals surface area contributed by atoms with Gasteiger partial charge in [-0.2, -0.15) is 0 Å². The zero-order valence-corrected chi connectivity index (χ0v) is 13.5. The zero-order chi connectivity index (χ0) is 15.2. The fourth-order valence-electron chi connectivity index (χ4n) is 1.89. The monoisotopic (exact) mass is 278 g/mol. The zero-order valence-electron chi connectivity index (χ0n) is 13.5. The first-order chi connectivity index (χ1) is 9.69. The summed E-state index contributed by atoms with van der Waals surface area (Å²) in [4.78, 5) is 0. The average molecular weight is 278 g/mol. The number of hydrogen-bond donors (Lipinski definition) is 1. The van der Waals surface area contributed by atoms with Crippen molar-refractivity contribution in [3.05, 3.63) is 23.8 Å². The molecule has 0 heterocycles. The molecule has 0 aliphatic heterocycles. The molecule has 0 bridgehead atoms. The lowest BCUT2D eigenvalue weighted by molar-refractivity contribution is 0.0194. The second-order valence-electron chi connectivity index (χ2n) is 4.73. The van der Waals surface area contributed by atoms with E-state index in [-0.39, 0.29) is 5.92 Å². The summed E-state index contributed by atoms with van der Waals surface area (Å²) in [5.74, 6) is 6.46. The molecular formula is C18H30O2. The van der Waals surface area contributed by atoms with Crippen LogP contribution in [0.3, 0.4) is 0 Å². The van der Waals surface area contributed by atoms with Crippen LogP contribution in [0.2, 0.25) is 0 Å². The molecule has 2 unspecified atom stereocenters. The Morgan fingerprint density at radius 2 is 2.05 bits per heavy atom. The van der Waals surface area contributed by atoms with Crippen LogP contribution in [0.4, 0.5) is 0 Å². The first kappa shape index (κ1) is 19.0. The van der Waals surface area contributed by atoms with Crippen molar-refractivity contribution in [2.24, 2.45) is 5.92 Å². The van der Waals surface area contributed by atoms with Gasteiger partial charge in [0.25, 0.3) is 0 Å². The summed E-state index contributed by atoms with van der Waals surface area (Å²) < 4.78 is 5.27.